The second kappa shape index (κ2) is 5.05. The molecular formula is C15H18FNO3. The fraction of sp³-hybridized carbons (Fsp3) is 0.533. The molecule has 2 aliphatic rings. The second-order valence-electron chi connectivity index (χ2n) is 5.30. The van der Waals surface area contributed by atoms with Gasteiger partial charge in [0.25, 0.3) is 0 Å². The van der Waals surface area contributed by atoms with Crippen LogP contribution in [0.3, 0.4) is 0 Å². The Morgan fingerprint density at radius 1 is 1.60 bits per heavy atom. The van der Waals surface area contributed by atoms with Crippen molar-refractivity contribution in [2.24, 2.45) is 0 Å². The van der Waals surface area contributed by atoms with E-state index >= 15 is 0 Å². The first-order chi connectivity index (χ1) is 9.66. The molecule has 2 atom stereocenters. The molecule has 3 rings (SSSR count). The quantitative estimate of drug-likeness (QED) is 0.844. The summed E-state index contributed by atoms with van der Waals surface area (Å²) in [4.78, 5) is 12.0. The highest BCUT2D eigenvalue weighted by Crippen LogP contribution is 2.41. The number of halogens is 1. The van der Waals surface area contributed by atoms with Crippen LogP contribution in [-0.2, 0) is 15.9 Å². The Labute approximate surface area is 117 Å². The highest BCUT2D eigenvalue weighted by molar-refractivity contribution is 5.93. The van der Waals surface area contributed by atoms with Gasteiger partial charge in [-0.1, -0.05) is 6.07 Å². The van der Waals surface area contributed by atoms with E-state index in [-0.39, 0.29) is 12.6 Å². The van der Waals surface area contributed by atoms with Crippen molar-refractivity contribution in [1.29, 1.82) is 0 Å². The number of hydrogen-bond acceptors (Lipinski definition) is 4. The minimum Gasteiger partial charge on any atom is -0.462 e. The molecule has 1 spiro atoms. The maximum atomic E-state index is 14.3. The van der Waals surface area contributed by atoms with Gasteiger partial charge in [0, 0.05) is 18.7 Å². The van der Waals surface area contributed by atoms with Gasteiger partial charge in [-0.3, -0.25) is 0 Å². The van der Waals surface area contributed by atoms with Gasteiger partial charge in [0.2, 0.25) is 0 Å². The highest BCUT2D eigenvalue weighted by Gasteiger charge is 2.47. The van der Waals surface area contributed by atoms with E-state index in [2.05, 4.69) is 5.32 Å². The molecule has 5 heteroatoms. The number of ether oxygens (including phenoxy) is 2. The zero-order chi connectivity index (χ0) is 14.2. The van der Waals surface area contributed by atoms with E-state index in [0.29, 0.717) is 31.6 Å². The van der Waals surface area contributed by atoms with Gasteiger partial charge in [-0.25, -0.2) is 9.18 Å². The van der Waals surface area contributed by atoms with Crippen molar-refractivity contribution in [2.45, 2.75) is 31.5 Å². The normalized spacial score (nSPS) is 28.0. The van der Waals surface area contributed by atoms with Crippen LogP contribution in [0.2, 0.25) is 0 Å². The third kappa shape index (κ3) is 2.06. The number of anilines is 1. The summed E-state index contributed by atoms with van der Waals surface area (Å²) in [6.07, 6.45) is 0.0335. The Bertz CT molecular complexity index is 534. The van der Waals surface area contributed by atoms with Crippen LogP contribution >= 0.6 is 0 Å². The van der Waals surface area contributed by atoms with E-state index in [1.165, 1.54) is 0 Å². The van der Waals surface area contributed by atoms with Gasteiger partial charge in [-0.2, -0.15) is 0 Å². The summed E-state index contributed by atoms with van der Waals surface area (Å²) in [5.74, 6) is -0.342. The van der Waals surface area contributed by atoms with Crippen molar-refractivity contribution < 1.29 is 18.7 Å². The predicted molar refractivity (Wildman–Crippen MR) is 72.8 cm³/mol. The van der Waals surface area contributed by atoms with Crippen molar-refractivity contribution in [3.05, 3.63) is 29.3 Å². The number of carbonyl (C=O) groups excluding carboxylic acids is 1. The average Bonchev–Trinajstić information content (AvgIpc) is 2.81. The van der Waals surface area contributed by atoms with Crippen molar-refractivity contribution >= 4 is 11.7 Å². The van der Waals surface area contributed by atoms with E-state index < -0.39 is 11.7 Å². The zero-order valence-electron chi connectivity index (χ0n) is 11.4. The third-order valence-corrected chi connectivity index (χ3v) is 4.10. The van der Waals surface area contributed by atoms with Crippen molar-refractivity contribution in [3.63, 3.8) is 0 Å². The monoisotopic (exact) mass is 279 g/mol. The lowest BCUT2D eigenvalue weighted by atomic mass is 9.85. The Balaban J connectivity index is 1.93. The molecule has 0 bridgehead atoms. The molecule has 4 nitrogen and oxygen atoms in total. The molecule has 0 radical (unpaired) electrons. The van der Waals surface area contributed by atoms with Gasteiger partial charge in [-0.15, -0.1) is 0 Å². The number of rotatable bonds is 2. The van der Waals surface area contributed by atoms with Crippen molar-refractivity contribution in [3.8, 4) is 0 Å². The third-order valence-electron chi connectivity index (χ3n) is 4.10. The SMILES string of the molecule is CCOC(=O)c1cccc2c1CC1(CCOCC1F)N2. The van der Waals surface area contributed by atoms with Crippen molar-refractivity contribution in [2.75, 3.05) is 25.1 Å². The molecule has 1 aromatic rings. The van der Waals surface area contributed by atoms with Crippen LogP contribution in [0.15, 0.2) is 18.2 Å². The number of esters is 1. The molecule has 20 heavy (non-hydrogen) atoms. The van der Waals surface area contributed by atoms with Gasteiger partial charge in [0.1, 0.15) is 6.17 Å². The van der Waals surface area contributed by atoms with Gasteiger partial charge in [0.15, 0.2) is 0 Å². The van der Waals surface area contributed by atoms with Gasteiger partial charge in [0.05, 0.1) is 24.3 Å². The predicted octanol–water partition coefficient (Wildman–Crippen LogP) is 2.33. The van der Waals surface area contributed by atoms with E-state index in [1.807, 2.05) is 6.07 Å². The van der Waals surface area contributed by atoms with E-state index in [4.69, 9.17) is 9.47 Å². The van der Waals surface area contributed by atoms with Crippen LogP contribution < -0.4 is 5.32 Å². The molecule has 1 saturated heterocycles. The lowest BCUT2D eigenvalue weighted by molar-refractivity contribution is -0.00550. The molecule has 108 valence electrons. The van der Waals surface area contributed by atoms with Crippen LogP contribution in [-0.4, -0.2) is 37.5 Å². The summed E-state index contributed by atoms with van der Waals surface area (Å²) in [6.45, 7) is 2.75. The van der Waals surface area contributed by atoms with Gasteiger partial charge < -0.3 is 14.8 Å². The Morgan fingerprint density at radius 2 is 2.45 bits per heavy atom. The summed E-state index contributed by atoms with van der Waals surface area (Å²) in [5, 5.41) is 3.27. The number of nitrogens with one attached hydrogen (secondary N) is 1. The van der Waals surface area contributed by atoms with E-state index in [9.17, 15) is 9.18 Å². The number of fused-ring (bicyclic) bond motifs is 1. The zero-order valence-corrected chi connectivity index (χ0v) is 11.4. The molecule has 1 aromatic carbocycles. The summed E-state index contributed by atoms with van der Waals surface area (Å²) >= 11 is 0. The summed E-state index contributed by atoms with van der Waals surface area (Å²) in [5.41, 5.74) is 1.59. The van der Waals surface area contributed by atoms with Crippen LogP contribution in [0.5, 0.6) is 0 Å². The van der Waals surface area contributed by atoms with E-state index in [1.54, 1.807) is 19.1 Å². The Morgan fingerprint density at radius 3 is 3.20 bits per heavy atom. The lowest BCUT2D eigenvalue weighted by Crippen LogP contribution is -2.52. The molecular weight excluding hydrogens is 261 g/mol. The maximum absolute atomic E-state index is 14.3. The first-order valence-electron chi connectivity index (χ1n) is 6.95. The summed E-state index contributed by atoms with van der Waals surface area (Å²) < 4.78 is 24.5. The molecule has 0 aromatic heterocycles. The Hall–Kier alpha value is -1.62. The van der Waals surface area contributed by atoms with Crippen LogP contribution in [0.25, 0.3) is 0 Å². The van der Waals surface area contributed by atoms with E-state index in [0.717, 1.165) is 11.3 Å². The summed E-state index contributed by atoms with van der Waals surface area (Å²) in [6, 6.07) is 5.42. The second-order valence-corrected chi connectivity index (χ2v) is 5.30. The largest absolute Gasteiger partial charge is 0.462 e. The molecule has 1 N–H and O–H groups in total. The standard InChI is InChI=1S/C15H18FNO3/c1-2-20-14(18)10-4-3-5-12-11(10)8-15(17-12)6-7-19-9-13(15)16/h3-5,13,17H,2,6-9H2,1H3. The maximum Gasteiger partial charge on any atom is 0.338 e. The first kappa shape index (κ1) is 13.4. The number of benzene rings is 1. The molecule has 0 amide bonds. The van der Waals surface area contributed by atoms with Crippen LogP contribution in [0.1, 0.15) is 29.3 Å². The van der Waals surface area contributed by atoms with Crippen LogP contribution in [0.4, 0.5) is 10.1 Å². The average molecular weight is 279 g/mol. The Kier molecular flexibility index (Phi) is 3.38. The molecule has 2 unspecified atom stereocenters. The van der Waals surface area contributed by atoms with Crippen molar-refractivity contribution in [1.82, 2.24) is 0 Å². The molecule has 0 saturated carbocycles. The smallest absolute Gasteiger partial charge is 0.338 e. The number of carbonyl (C=O) groups is 1. The molecule has 2 aliphatic heterocycles. The number of hydrogen-bond donors (Lipinski definition) is 1. The first-order valence-corrected chi connectivity index (χ1v) is 6.95. The topological polar surface area (TPSA) is 47.6 Å². The fourth-order valence-corrected chi connectivity index (χ4v) is 3.02. The molecule has 1 fully saturated rings. The molecule has 2 heterocycles. The number of alkyl halides is 1. The molecule has 0 aliphatic carbocycles. The summed E-state index contributed by atoms with van der Waals surface area (Å²) in [7, 11) is 0. The lowest BCUT2D eigenvalue weighted by Gasteiger charge is -2.37. The van der Waals surface area contributed by atoms with Crippen LogP contribution in [0, 0.1) is 0 Å². The minimum atomic E-state index is -1.07. The van der Waals surface area contributed by atoms with Gasteiger partial charge >= 0.3 is 5.97 Å². The fourth-order valence-electron chi connectivity index (χ4n) is 3.02. The van der Waals surface area contributed by atoms with Gasteiger partial charge in [-0.05, 0) is 31.0 Å². The highest BCUT2D eigenvalue weighted by atomic mass is 19.1. The minimum absolute atomic E-state index is 0.107.